The minimum absolute atomic E-state index is 0.0497. The highest BCUT2D eigenvalue weighted by atomic mass is 16.7. The van der Waals surface area contributed by atoms with Gasteiger partial charge in [-0.2, -0.15) is 0 Å². The van der Waals surface area contributed by atoms with Crippen LogP contribution < -0.4 is 9.47 Å². The van der Waals surface area contributed by atoms with Crippen molar-refractivity contribution in [2.45, 2.75) is 25.3 Å². The van der Waals surface area contributed by atoms with Crippen molar-refractivity contribution in [3.05, 3.63) is 69.3 Å². The first-order chi connectivity index (χ1) is 16.9. The van der Waals surface area contributed by atoms with Crippen LogP contribution in [-0.4, -0.2) is 64.5 Å². The average molecular weight is 479 g/mol. The summed E-state index contributed by atoms with van der Waals surface area (Å²) in [4.78, 5) is 40.9. The number of aliphatic hydroxyl groups excluding tert-OH is 1. The van der Waals surface area contributed by atoms with Gasteiger partial charge in [-0.05, 0) is 49.7 Å². The van der Waals surface area contributed by atoms with Crippen molar-refractivity contribution in [2.24, 2.45) is 0 Å². The Morgan fingerprint density at radius 3 is 2.57 bits per heavy atom. The fraction of sp³-hybridized carbons (Fsp3) is 0.360. The van der Waals surface area contributed by atoms with Crippen LogP contribution in [0.4, 0.5) is 5.69 Å². The van der Waals surface area contributed by atoms with Gasteiger partial charge in [0.05, 0.1) is 16.5 Å². The van der Waals surface area contributed by atoms with Gasteiger partial charge in [0.1, 0.15) is 5.76 Å². The summed E-state index contributed by atoms with van der Waals surface area (Å²) >= 11 is 0. The Morgan fingerprint density at radius 2 is 1.80 bits per heavy atom. The van der Waals surface area contributed by atoms with Crippen molar-refractivity contribution in [3.63, 3.8) is 0 Å². The van der Waals surface area contributed by atoms with Gasteiger partial charge < -0.3 is 24.4 Å². The quantitative estimate of drug-likeness (QED) is 0.220. The lowest BCUT2D eigenvalue weighted by Crippen LogP contribution is -2.40. The maximum absolute atomic E-state index is 13.2. The largest absolute Gasteiger partial charge is 0.507 e. The second-order valence-corrected chi connectivity index (χ2v) is 8.81. The summed E-state index contributed by atoms with van der Waals surface area (Å²) in [6.07, 6.45) is 3.33. The van der Waals surface area contributed by atoms with E-state index in [2.05, 4.69) is 4.90 Å². The first-order valence-electron chi connectivity index (χ1n) is 11.6. The molecule has 2 saturated heterocycles. The fourth-order valence-corrected chi connectivity index (χ4v) is 4.90. The molecule has 3 heterocycles. The lowest BCUT2D eigenvalue weighted by atomic mass is 9.95. The second kappa shape index (κ2) is 9.38. The van der Waals surface area contributed by atoms with Crippen LogP contribution >= 0.6 is 0 Å². The standard InChI is InChI=1S/C25H25N3O7/c29-23(17-7-8-19-20(14-17)35-15-34-19)21-22(16-5-4-6-18(13-16)28(32)33)27(25(31)24(21)30)12-11-26-9-2-1-3-10-26/h4-8,13-14,22,29H,1-3,9-12,15H2/b23-21+. The van der Waals surface area contributed by atoms with Crippen LogP contribution in [0, 0.1) is 10.1 Å². The monoisotopic (exact) mass is 479 g/mol. The Labute approximate surface area is 201 Å². The zero-order chi connectivity index (χ0) is 24.5. The Balaban J connectivity index is 1.56. The van der Waals surface area contributed by atoms with Gasteiger partial charge >= 0.3 is 0 Å². The predicted molar refractivity (Wildman–Crippen MR) is 125 cm³/mol. The summed E-state index contributed by atoms with van der Waals surface area (Å²) < 4.78 is 10.7. The van der Waals surface area contributed by atoms with E-state index < -0.39 is 22.7 Å². The van der Waals surface area contributed by atoms with Gasteiger partial charge in [0.15, 0.2) is 11.5 Å². The molecule has 2 aromatic carbocycles. The van der Waals surface area contributed by atoms with Crippen LogP contribution in [0.1, 0.15) is 36.4 Å². The molecule has 2 aromatic rings. The lowest BCUT2D eigenvalue weighted by molar-refractivity contribution is -0.384. The molecule has 3 aliphatic rings. The van der Waals surface area contributed by atoms with Crippen LogP contribution in [0.25, 0.3) is 5.76 Å². The number of piperidine rings is 1. The van der Waals surface area contributed by atoms with Crippen molar-refractivity contribution in [1.82, 2.24) is 9.80 Å². The number of non-ortho nitro benzene ring substituents is 1. The van der Waals surface area contributed by atoms with Crippen LogP contribution in [0.2, 0.25) is 0 Å². The molecule has 0 aliphatic carbocycles. The van der Waals surface area contributed by atoms with Gasteiger partial charge in [0.2, 0.25) is 6.79 Å². The Hall–Kier alpha value is -3.92. The molecule has 0 spiro atoms. The van der Waals surface area contributed by atoms with Crippen LogP contribution in [-0.2, 0) is 9.59 Å². The Kier molecular flexibility index (Phi) is 6.12. The number of nitro benzene ring substituents is 1. The first-order valence-corrected chi connectivity index (χ1v) is 11.6. The minimum Gasteiger partial charge on any atom is -0.507 e. The molecule has 2 fully saturated rings. The van der Waals surface area contributed by atoms with E-state index in [9.17, 15) is 24.8 Å². The molecule has 1 amide bonds. The average Bonchev–Trinajstić information content (AvgIpc) is 3.45. The molecular formula is C25H25N3O7. The van der Waals surface area contributed by atoms with Gasteiger partial charge in [0, 0.05) is 30.8 Å². The number of hydrogen-bond donors (Lipinski definition) is 1. The van der Waals surface area contributed by atoms with Gasteiger partial charge in [-0.3, -0.25) is 19.7 Å². The molecule has 1 atom stereocenters. The number of Topliss-reactive ketones (excluding diaryl/α,β-unsaturated/α-hetero) is 1. The Morgan fingerprint density at radius 1 is 1.03 bits per heavy atom. The summed E-state index contributed by atoms with van der Waals surface area (Å²) in [6.45, 7) is 2.72. The van der Waals surface area contributed by atoms with Gasteiger partial charge in [-0.15, -0.1) is 0 Å². The summed E-state index contributed by atoms with van der Waals surface area (Å²) in [5.41, 5.74) is 0.415. The van der Waals surface area contributed by atoms with Gasteiger partial charge in [-0.25, -0.2) is 0 Å². The zero-order valence-electron chi connectivity index (χ0n) is 19.0. The molecule has 3 aliphatic heterocycles. The molecular weight excluding hydrogens is 454 g/mol. The fourth-order valence-electron chi connectivity index (χ4n) is 4.90. The number of ketones is 1. The normalized spacial score (nSPS) is 21.5. The molecule has 0 saturated carbocycles. The number of carbonyl (C=O) groups is 2. The number of ether oxygens (including phenoxy) is 2. The number of nitrogens with zero attached hydrogens (tertiary/aromatic N) is 3. The van der Waals surface area contributed by atoms with E-state index in [1.807, 2.05) is 0 Å². The maximum atomic E-state index is 13.2. The van der Waals surface area contributed by atoms with E-state index in [0.717, 1.165) is 25.9 Å². The Bertz CT molecular complexity index is 1220. The van der Waals surface area contributed by atoms with E-state index in [4.69, 9.17) is 9.47 Å². The van der Waals surface area contributed by atoms with Crippen molar-refractivity contribution in [2.75, 3.05) is 33.0 Å². The van der Waals surface area contributed by atoms with Crippen LogP contribution in [0.15, 0.2) is 48.0 Å². The predicted octanol–water partition coefficient (Wildman–Crippen LogP) is 3.23. The zero-order valence-corrected chi connectivity index (χ0v) is 19.0. The second-order valence-electron chi connectivity index (χ2n) is 8.81. The third-order valence-corrected chi connectivity index (χ3v) is 6.69. The third-order valence-electron chi connectivity index (χ3n) is 6.69. The van der Waals surface area contributed by atoms with E-state index in [-0.39, 0.29) is 30.4 Å². The van der Waals surface area contributed by atoms with E-state index in [1.165, 1.54) is 29.5 Å². The number of benzene rings is 2. The summed E-state index contributed by atoms with van der Waals surface area (Å²) in [6, 6.07) is 9.62. The number of rotatable bonds is 6. The van der Waals surface area contributed by atoms with E-state index >= 15 is 0 Å². The number of amides is 1. The van der Waals surface area contributed by atoms with Crippen LogP contribution in [0.5, 0.6) is 11.5 Å². The van der Waals surface area contributed by atoms with Crippen molar-refractivity contribution in [3.8, 4) is 11.5 Å². The molecule has 182 valence electrons. The minimum atomic E-state index is -0.954. The summed E-state index contributed by atoms with van der Waals surface area (Å²) in [7, 11) is 0. The molecule has 10 nitrogen and oxygen atoms in total. The number of aliphatic hydroxyl groups is 1. The molecule has 0 aromatic heterocycles. The first kappa shape index (κ1) is 22.9. The van der Waals surface area contributed by atoms with E-state index in [0.29, 0.717) is 29.2 Å². The summed E-state index contributed by atoms with van der Waals surface area (Å²) in [5.74, 6) is -0.992. The molecule has 1 N–H and O–H groups in total. The van der Waals surface area contributed by atoms with E-state index in [1.54, 1.807) is 24.3 Å². The van der Waals surface area contributed by atoms with Gasteiger partial charge in [0.25, 0.3) is 17.4 Å². The molecule has 5 rings (SSSR count). The highest BCUT2D eigenvalue weighted by Gasteiger charge is 2.46. The maximum Gasteiger partial charge on any atom is 0.295 e. The third kappa shape index (κ3) is 4.32. The smallest absolute Gasteiger partial charge is 0.295 e. The number of nitro groups is 1. The highest BCUT2D eigenvalue weighted by Crippen LogP contribution is 2.42. The number of fused-ring (bicyclic) bond motifs is 1. The number of likely N-dealkylation sites (tertiary alicyclic amines) is 2. The molecule has 10 heteroatoms. The topological polar surface area (TPSA) is 122 Å². The number of hydrogen-bond acceptors (Lipinski definition) is 8. The van der Waals surface area contributed by atoms with Crippen molar-refractivity contribution >= 4 is 23.1 Å². The molecule has 0 bridgehead atoms. The van der Waals surface area contributed by atoms with Crippen LogP contribution in [0.3, 0.4) is 0 Å². The number of carbonyl (C=O) groups excluding carboxylic acids is 2. The highest BCUT2D eigenvalue weighted by molar-refractivity contribution is 6.46. The van der Waals surface area contributed by atoms with Crippen molar-refractivity contribution < 1.29 is 29.1 Å². The van der Waals surface area contributed by atoms with Crippen molar-refractivity contribution in [1.29, 1.82) is 0 Å². The molecule has 35 heavy (non-hydrogen) atoms. The van der Waals surface area contributed by atoms with Gasteiger partial charge in [-0.1, -0.05) is 18.6 Å². The lowest BCUT2D eigenvalue weighted by Gasteiger charge is -2.31. The molecule has 0 radical (unpaired) electrons. The SMILES string of the molecule is O=C1C(=O)N(CCN2CCCCC2)C(c2cccc([N+](=O)[O-])c2)/C1=C(\O)c1ccc2c(c1)OCO2. The summed E-state index contributed by atoms with van der Waals surface area (Å²) in [5, 5.41) is 22.6. The molecule has 1 unspecified atom stereocenters.